The standard InChI is InChI=1S/C12H19NOS/c1-10(11-2-7-15-8-11)13-9-12(3-4-12)5-6-14/h2,7-8,10,13-14H,3-6,9H2,1H3. The second kappa shape index (κ2) is 4.64. The van der Waals surface area contributed by atoms with E-state index in [2.05, 4.69) is 29.1 Å². The van der Waals surface area contributed by atoms with Gasteiger partial charge in [-0.3, -0.25) is 0 Å². The minimum Gasteiger partial charge on any atom is -0.396 e. The molecule has 1 fully saturated rings. The van der Waals surface area contributed by atoms with Crippen molar-refractivity contribution in [1.29, 1.82) is 0 Å². The molecule has 0 spiro atoms. The fourth-order valence-corrected chi connectivity index (χ4v) is 2.69. The lowest BCUT2D eigenvalue weighted by Gasteiger charge is -2.18. The molecule has 0 radical (unpaired) electrons. The van der Waals surface area contributed by atoms with Gasteiger partial charge in [0, 0.05) is 19.2 Å². The number of hydrogen-bond donors (Lipinski definition) is 2. The van der Waals surface area contributed by atoms with Gasteiger partial charge in [-0.15, -0.1) is 0 Å². The number of hydrogen-bond acceptors (Lipinski definition) is 3. The first-order chi connectivity index (χ1) is 7.26. The first kappa shape index (κ1) is 11.1. The van der Waals surface area contributed by atoms with Crippen molar-refractivity contribution >= 4 is 11.3 Å². The summed E-state index contributed by atoms with van der Waals surface area (Å²) >= 11 is 1.75. The molecule has 0 saturated heterocycles. The monoisotopic (exact) mass is 225 g/mol. The fourth-order valence-electron chi connectivity index (χ4n) is 1.94. The molecular weight excluding hydrogens is 206 g/mol. The van der Waals surface area contributed by atoms with Crippen molar-refractivity contribution in [2.75, 3.05) is 13.2 Å². The predicted molar refractivity (Wildman–Crippen MR) is 64.1 cm³/mol. The Morgan fingerprint density at radius 3 is 2.93 bits per heavy atom. The summed E-state index contributed by atoms with van der Waals surface area (Å²) in [5, 5.41) is 16.8. The molecule has 1 atom stereocenters. The average Bonchev–Trinajstić information content (AvgIpc) is 2.81. The first-order valence-corrected chi connectivity index (χ1v) is 6.56. The first-order valence-electron chi connectivity index (χ1n) is 5.62. The van der Waals surface area contributed by atoms with Crippen LogP contribution in [0.1, 0.15) is 37.8 Å². The van der Waals surface area contributed by atoms with Gasteiger partial charge in [-0.25, -0.2) is 0 Å². The molecule has 1 aromatic rings. The minimum atomic E-state index is 0.328. The van der Waals surface area contributed by atoms with Crippen molar-refractivity contribution in [3.8, 4) is 0 Å². The summed E-state index contributed by atoms with van der Waals surface area (Å²) in [5.74, 6) is 0. The van der Waals surface area contributed by atoms with Crippen molar-refractivity contribution in [3.05, 3.63) is 22.4 Å². The number of aliphatic hydroxyl groups is 1. The van der Waals surface area contributed by atoms with Crippen molar-refractivity contribution in [2.24, 2.45) is 5.41 Å². The van der Waals surface area contributed by atoms with E-state index in [9.17, 15) is 0 Å². The maximum atomic E-state index is 8.96. The topological polar surface area (TPSA) is 32.3 Å². The maximum absolute atomic E-state index is 8.96. The van der Waals surface area contributed by atoms with Gasteiger partial charge in [0.2, 0.25) is 0 Å². The third kappa shape index (κ3) is 2.80. The Bertz CT molecular complexity index is 293. The minimum absolute atomic E-state index is 0.328. The molecule has 2 rings (SSSR count). The van der Waals surface area contributed by atoms with Crippen molar-refractivity contribution < 1.29 is 5.11 Å². The number of aliphatic hydroxyl groups excluding tert-OH is 1. The summed E-state index contributed by atoms with van der Waals surface area (Å²) < 4.78 is 0. The molecule has 0 aromatic carbocycles. The Labute approximate surface area is 95.3 Å². The fraction of sp³-hybridized carbons (Fsp3) is 0.667. The van der Waals surface area contributed by atoms with Crippen LogP contribution in [0.3, 0.4) is 0 Å². The van der Waals surface area contributed by atoms with Crippen LogP contribution in [0, 0.1) is 5.41 Å². The van der Waals surface area contributed by atoms with Crippen LogP contribution < -0.4 is 5.32 Å². The molecule has 1 aliphatic carbocycles. The summed E-state index contributed by atoms with van der Waals surface area (Å²) in [7, 11) is 0. The van der Waals surface area contributed by atoms with E-state index in [1.807, 2.05) is 0 Å². The van der Waals surface area contributed by atoms with E-state index in [1.54, 1.807) is 11.3 Å². The van der Waals surface area contributed by atoms with Crippen LogP contribution in [0.5, 0.6) is 0 Å². The average molecular weight is 225 g/mol. The molecular formula is C12H19NOS. The molecule has 0 aliphatic heterocycles. The highest BCUT2D eigenvalue weighted by atomic mass is 32.1. The number of thiophene rings is 1. The van der Waals surface area contributed by atoms with Crippen LogP contribution in [0.25, 0.3) is 0 Å². The summed E-state index contributed by atoms with van der Waals surface area (Å²) in [5.41, 5.74) is 1.79. The molecule has 1 unspecified atom stereocenters. The molecule has 84 valence electrons. The highest BCUT2D eigenvalue weighted by Gasteiger charge is 2.41. The van der Waals surface area contributed by atoms with Crippen LogP contribution in [0.4, 0.5) is 0 Å². The lowest BCUT2D eigenvalue weighted by Crippen LogP contribution is -2.27. The molecule has 0 bridgehead atoms. The van der Waals surface area contributed by atoms with E-state index < -0.39 is 0 Å². The number of nitrogens with one attached hydrogen (secondary N) is 1. The van der Waals surface area contributed by atoms with E-state index in [-0.39, 0.29) is 0 Å². The van der Waals surface area contributed by atoms with E-state index in [0.29, 0.717) is 18.1 Å². The van der Waals surface area contributed by atoms with Crippen LogP contribution in [0.2, 0.25) is 0 Å². The van der Waals surface area contributed by atoms with E-state index in [4.69, 9.17) is 5.11 Å². The lowest BCUT2D eigenvalue weighted by molar-refractivity contribution is 0.243. The summed E-state index contributed by atoms with van der Waals surface area (Å²) in [4.78, 5) is 0. The van der Waals surface area contributed by atoms with Gasteiger partial charge in [0.25, 0.3) is 0 Å². The molecule has 1 heterocycles. The molecule has 1 aromatic heterocycles. The van der Waals surface area contributed by atoms with Crippen molar-refractivity contribution in [2.45, 2.75) is 32.2 Å². The largest absolute Gasteiger partial charge is 0.396 e. The SMILES string of the molecule is CC(NCC1(CCO)CC1)c1ccsc1. The van der Waals surface area contributed by atoms with E-state index in [0.717, 1.165) is 13.0 Å². The maximum Gasteiger partial charge on any atom is 0.0436 e. The van der Waals surface area contributed by atoms with Crippen LogP contribution in [0.15, 0.2) is 16.8 Å². The second-order valence-corrected chi connectivity index (χ2v) is 5.41. The van der Waals surface area contributed by atoms with Crippen LogP contribution >= 0.6 is 11.3 Å². The molecule has 2 nitrogen and oxygen atoms in total. The Balaban J connectivity index is 1.78. The summed E-state index contributed by atoms with van der Waals surface area (Å²) in [6.07, 6.45) is 3.50. The van der Waals surface area contributed by atoms with Crippen molar-refractivity contribution in [1.82, 2.24) is 5.32 Å². The van der Waals surface area contributed by atoms with Gasteiger partial charge in [-0.2, -0.15) is 11.3 Å². The highest BCUT2D eigenvalue weighted by Crippen LogP contribution is 2.48. The molecule has 3 heteroatoms. The zero-order valence-electron chi connectivity index (χ0n) is 9.20. The van der Waals surface area contributed by atoms with Crippen LogP contribution in [-0.2, 0) is 0 Å². The Morgan fingerprint density at radius 2 is 2.40 bits per heavy atom. The van der Waals surface area contributed by atoms with Crippen molar-refractivity contribution in [3.63, 3.8) is 0 Å². The van der Waals surface area contributed by atoms with Gasteiger partial charge in [-0.1, -0.05) is 0 Å². The Morgan fingerprint density at radius 1 is 1.60 bits per heavy atom. The van der Waals surface area contributed by atoms with Gasteiger partial charge in [-0.05, 0) is 54.0 Å². The van der Waals surface area contributed by atoms with Gasteiger partial charge in [0.1, 0.15) is 0 Å². The molecule has 1 aliphatic rings. The van der Waals surface area contributed by atoms with Crippen LogP contribution in [-0.4, -0.2) is 18.3 Å². The summed E-state index contributed by atoms with van der Waals surface area (Å²) in [6.45, 7) is 3.58. The molecule has 2 N–H and O–H groups in total. The quantitative estimate of drug-likeness (QED) is 0.780. The lowest BCUT2D eigenvalue weighted by atomic mass is 10.0. The van der Waals surface area contributed by atoms with Gasteiger partial charge < -0.3 is 10.4 Å². The normalized spacial score (nSPS) is 20.1. The zero-order valence-corrected chi connectivity index (χ0v) is 10.0. The third-order valence-corrected chi connectivity index (χ3v) is 4.13. The predicted octanol–water partition coefficient (Wildman–Crippen LogP) is 2.56. The van der Waals surface area contributed by atoms with Gasteiger partial charge >= 0.3 is 0 Å². The Hall–Kier alpha value is -0.380. The number of rotatable bonds is 6. The van der Waals surface area contributed by atoms with E-state index >= 15 is 0 Å². The van der Waals surface area contributed by atoms with Gasteiger partial charge in [0.15, 0.2) is 0 Å². The third-order valence-electron chi connectivity index (χ3n) is 3.43. The molecule has 15 heavy (non-hydrogen) atoms. The molecule has 0 amide bonds. The van der Waals surface area contributed by atoms with Gasteiger partial charge in [0.05, 0.1) is 0 Å². The molecule has 1 saturated carbocycles. The van der Waals surface area contributed by atoms with E-state index in [1.165, 1.54) is 18.4 Å². The highest BCUT2D eigenvalue weighted by molar-refractivity contribution is 7.07. The zero-order chi connectivity index (χ0) is 10.7. The second-order valence-electron chi connectivity index (χ2n) is 4.63. The smallest absolute Gasteiger partial charge is 0.0436 e. The Kier molecular flexibility index (Phi) is 3.44. The summed E-state index contributed by atoms with van der Waals surface area (Å²) in [6, 6.07) is 2.61.